The summed E-state index contributed by atoms with van der Waals surface area (Å²) >= 11 is 0. The molecule has 0 saturated carbocycles. The Balaban J connectivity index is 1.75. The molecule has 11 heteroatoms. The van der Waals surface area contributed by atoms with Gasteiger partial charge in [-0.1, -0.05) is 32.1 Å². The molecule has 5 N–H and O–H groups in total. The van der Waals surface area contributed by atoms with Gasteiger partial charge in [-0.2, -0.15) is 0 Å². The number of anilines is 1. The molecule has 3 amide bonds. The van der Waals surface area contributed by atoms with Crippen molar-refractivity contribution < 1.29 is 19.5 Å². The zero-order valence-electron chi connectivity index (χ0n) is 21.1. The smallest absolute Gasteiger partial charge is 0.405 e. The normalized spacial score (nSPS) is 12.1. The molecular formula is C26H32N6O5. The van der Waals surface area contributed by atoms with Crippen LogP contribution < -0.4 is 21.5 Å². The first-order valence-electron chi connectivity index (χ1n) is 12.0. The minimum Gasteiger partial charge on any atom is -0.465 e. The van der Waals surface area contributed by atoms with Crippen molar-refractivity contribution >= 4 is 34.6 Å². The van der Waals surface area contributed by atoms with E-state index in [1.165, 1.54) is 29.8 Å². The zero-order valence-corrected chi connectivity index (χ0v) is 21.1. The van der Waals surface area contributed by atoms with E-state index in [2.05, 4.69) is 34.8 Å². The van der Waals surface area contributed by atoms with Crippen LogP contribution >= 0.6 is 0 Å². The number of hydrogen-bond donors (Lipinski definition) is 5. The fourth-order valence-corrected chi connectivity index (χ4v) is 3.91. The van der Waals surface area contributed by atoms with Crippen molar-refractivity contribution in [3.8, 4) is 0 Å². The van der Waals surface area contributed by atoms with Gasteiger partial charge in [0.25, 0.3) is 5.56 Å². The number of amides is 3. The molecule has 0 aliphatic carbocycles. The summed E-state index contributed by atoms with van der Waals surface area (Å²) in [6.45, 7) is 4.45. The van der Waals surface area contributed by atoms with Gasteiger partial charge in [0.15, 0.2) is 0 Å². The predicted octanol–water partition coefficient (Wildman–Crippen LogP) is 2.63. The molecule has 0 radical (unpaired) electrons. The lowest BCUT2D eigenvalue weighted by Gasteiger charge is -2.16. The van der Waals surface area contributed by atoms with Crippen LogP contribution in [0.2, 0.25) is 0 Å². The molecule has 0 spiro atoms. The number of rotatable bonds is 11. The third-order valence-electron chi connectivity index (χ3n) is 5.62. The van der Waals surface area contributed by atoms with Gasteiger partial charge in [-0.15, -0.1) is 0 Å². The lowest BCUT2D eigenvalue weighted by Crippen LogP contribution is -2.44. The van der Waals surface area contributed by atoms with Crippen molar-refractivity contribution in [1.29, 1.82) is 0 Å². The van der Waals surface area contributed by atoms with Crippen molar-refractivity contribution in [2.24, 2.45) is 5.92 Å². The maximum absolute atomic E-state index is 13.1. The number of hydrogen-bond acceptors (Lipinski definition) is 5. The molecule has 0 saturated heterocycles. The van der Waals surface area contributed by atoms with Gasteiger partial charge >= 0.3 is 6.09 Å². The van der Waals surface area contributed by atoms with Gasteiger partial charge in [-0.3, -0.25) is 14.4 Å². The second-order valence-electron chi connectivity index (χ2n) is 9.03. The molecule has 0 bridgehead atoms. The highest BCUT2D eigenvalue weighted by Crippen LogP contribution is 2.20. The summed E-state index contributed by atoms with van der Waals surface area (Å²) in [6, 6.07) is 7.92. The number of fused-ring (bicyclic) bond motifs is 1. The van der Waals surface area contributed by atoms with Crippen molar-refractivity contribution in [1.82, 2.24) is 25.2 Å². The second kappa shape index (κ2) is 12.5. The van der Waals surface area contributed by atoms with E-state index in [0.29, 0.717) is 11.7 Å². The number of pyridine rings is 1. The number of likely N-dealkylation sites (N-methyl/N-ethyl adjacent to an activating group) is 1. The molecule has 3 rings (SSSR count). The maximum Gasteiger partial charge on any atom is 0.405 e. The van der Waals surface area contributed by atoms with Crippen LogP contribution in [0.5, 0.6) is 0 Å². The van der Waals surface area contributed by atoms with E-state index in [9.17, 15) is 19.2 Å². The highest BCUT2D eigenvalue weighted by atomic mass is 16.4. The van der Waals surface area contributed by atoms with E-state index in [1.807, 2.05) is 18.2 Å². The number of aromatic amines is 1. The van der Waals surface area contributed by atoms with Crippen molar-refractivity contribution in [2.45, 2.75) is 45.7 Å². The lowest BCUT2D eigenvalue weighted by molar-refractivity contribution is -0.118. The zero-order chi connectivity index (χ0) is 26.9. The average molecular weight is 509 g/mol. The summed E-state index contributed by atoms with van der Waals surface area (Å²) in [5, 5.41) is 16.2. The monoisotopic (exact) mass is 508 g/mol. The average Bonchev–Trinajstić information content (AvgIpc) is 3.26. The Kier molecular flexibility index (Phi) is 9.20. The Bertz CT molecular complexity index is 1360. The minimum absolute atomic E-state index is 0.0159. The van der Waals surface area contributed by atoms with Gasteiger partial charge < -0.3 is 30.6 Å². The number of H-pyrrole nitrogens is 1. The molecule has 1 unspecified atom stereocenters. The predicted molar refractivity (Wildman–Crippen MR) is 140 cm³/mol. The Morgan fingerprint density at radius 1 is 1.19 bits per heavy atom. The highest BCUT2D eigenvalue weighted by Gasteiger charge is 2.21. The SMILES string of the molecule is CNC(=O)/C=C/CCC(NC(=O)O)C(=O)Nc1cccn(Cc2nc3c(CC(C)C)cccc3[nH]2)c1=O. The number of carboxylic acid groups (broad SMARTS) is 1. The first-order valence-corrected chi connectivity index (χ1v) is 12.0. The number of carbonyl (C=O) groups excluding carboxylic acids is 2. The summed E-state index contributed by atoms with van der Waals surface area (Å²) < 4.78 is 1.42. The van der Waals surface area contributed by atoms with Crippen LogP contribution in [-0.4, -0.2) is 50.6 Å². The third-order valence-corrected chi connectivity index (χ3v) is 5.62. The number of para-hydroxylation sites is 1. The first-order chi connectivity index (χ1) is 17.7. The number of nitrogens with zero attached hydrogens (tertiary/aromatic N) is 2. The van der Waals surface area contributed by atoms with Crippen LogP contribution in [0.3, 0.4) is 0 Å². The van der Waals surface area contributed by atoms with Crippen LogP contribution in [0.4, 0.5) is 10.5 Å². The fourth-order valence-electron chi connectivity index (χ4n) is 3.91. The van der Waals surface area contributed by atoms with Gasteiger partial charge in [0.05, 0.1) is 17.6 Å². The number of carbonyl (C=O) groups is 3. The van der Waals surface area contributed by atoms with E-state index in [4.69, 9.17) is 10.1 Å². The van der Waals surface area contributed by atoms with Crippen LogP contribution in [0.1, 0.15) is 38.1 Å². The van der Waals surface area contributed by atoms with E-state index in [1.54, 1.807) is 12.3 Å². The summed E-state index contributed by atoms with van der Waals surface area (Å²) in [5.74, 6) is 0.0929. The Morgan fingerprint density at radius 2 is 1.97 bits per heavy atom. The van der Waals surface area contributed by atoms with Gasteiger partial charge in [0.2, 0.25) is 11.8 Å². The van der Waals surface area contributed by atoms with Crippen LogP contribution in [0, 0.1) is 5.92 Å². The molecule has 2 heterocycles. The van der Waals surface area contributed by atoms with Gasteiger partial charge in [-0.25, -0.2) is 9.78 Å². The highest BCUT2D eigenvalue weighted by molar-refractivity contribution is 5.96. The van der Waals surface area contributed by atoms with Crippen molar-refractivity contribution in [3.05, 3.63) is 70.4 Å². The van der Waals surface area contributed by atoms with Crippen molar-refractivity contribution in [2.75, 3.05) is 12.4 Å². The number of imidazole rings is 1. The van der Waals surface area contributed by atoms with E-state index in [0.717, 1.165) is 23.0 Å². The summed E-state index contributed by atoms with van der Waals surface area (Å²) in [5.41, 5.74) is 2.45. The van der Waals surface area contributed by atoms with Gasteiger partial charge in [-0.05, 0) is 55.0 Å². The van der Waals surface area contributed by atoms with E-state index < -0.39 is 23.6 Å². The van der Waals surface area contributed by atoms with E-state index in [-0.39, 0.29) is 31.0 Å². The molecular weight excluding hydrogens is 476 g/mol. The van der Waals surface area contributed by atoms with Gasteiger partial charge in [0.1, 0.15) is 17.6 Å². The molecule has 0 fully saturated rings. The topological polar surface area (TPSA) is 158 Å². The number of nitrogens with one attached hydrogen (secondary N) is 4. The summed E-state index contributed by atoms with van der Waals surface area (Å²) in [7, 11) is 1.49. The number of benzene rings is 1. The van der Waals surface area contributed by atoms with Crippen LogP contribution in [-0.2, 0) is 22.6 Å². The molecule has 1 aromatic carbocycles. The van der Waals surface area contributed by atoms with Crippen LogP contribution in [0.15, 0.2) is 53.5 Å². The second-order valence-corrected chi connectivity index (χ2v) is 9.03. The molecule has 3 aromatic rings. The lowest BCUT2D eigenvalue weighted by atomic mass is 10.0. The molecule has 11 nitrogen and oxygen atoms in total. The fraction of sp³-hybridized carbons (Fsp3) is 0.346. The van der Waals surface area contributed by atoms with Crippen LogP contribution in [0.25, 0.3) is 11.0 Å². The molecule has 1 atom stereocenters. The third kappa shape index (κ3) is 7.53. The van der Waals surface area contributed by atoms with E-state index >= 15 is 0 Å². The van der Waals surface area contributed by atoms with Crippen molar-refractivity contribution in [3.63, 3.8) is 0 Å². The standard InChI is InChI=1S/C26H32N6O5/c1-16(2)14-17-8-6-10-18-23(17)31-21(28-18)15-32-13-7-11-20(25(32)35)29-24(34)19(30-26(36)37)9-4-5-12-22(33)27-3/h5-8,10-13,16,19,30H,4,9,14-15H2,1-3H3,(H,27,33)(H,28,31)(H,29,34)(H,36,37)/b12-5+. The summed E-state index contributed by atoms with van der Waals surface area (Å²) in [6.07, 6.45) is 4.32. The minimum atomic E-state index is -1.37. The molecule has 196 valence electrons. The first kappa shape index (κ1) is 27.2. The Hall–Kier alpha value is -4.41. The quantitative estimate of drug-likeness (QED) is 0.251. The number of aromatic nitrogens is 3. The molecule has 0 aliphatic heterocycles. The molecule has 2 aromatic heterocycles. The van der Waals surface area contributed by atoms with Gasteiger partial charge in [0, 0.05) is 13.2 Å². The maximum atomic E-state index is 13.1. The number of allylic oxidation sites excluding steroid dienone is 1. The Labute approximate surface area is 214 Å². The molecule has 0 aliphatic rings. The summed E-state index contributed by atoms with van der Waals surface area (Å²) in [4.78, 5) is 56.3. The largest absolute Gasteiger partial charge is 0.465 e. The Morgan fingerprint density at radius 3 is 2.68 bits per heavy atom. The molecule has 37 heavy (non-hydrogen) atoms.